The molecule has 0 aliphatic heterocycles. The summed E-state index contributed by atoms with van der Waals surface area (Å²) in [6.45, 7) is 0.741. The van der Waals surface area contributed by atoms with Crippen LogP contribution >= 0.6 is 0 Å². The van der Waals surface area contributed by atoms with E-state index in [1.165, 1.54) is 25.1 Å². The predicted octanol–water partition coefficient (Wildman–Crippen LogP) is 2.47. The van der Waals surface area contributed by atoms with Crippen LogP contribution in [0.2, 0.25) is 0 Å². The van der Waals surface area contributed by atoms with E-state index in [1.807, 2.05) is 0 Å². The lowest BCUT2D eigenvalue weighted by molar-refractivity contribution is -0.198. The molecule has 1 aromatic carbocycles. The quantitative estimate of drug-likeness (QED) is 0.791. The van der Waals surface area contributed by atoms with E-state index in [-0.39, 0.29) is 11.3 Å². The Kier molecular flexibility index (Phi) is 3.74. The first-order valence-corrected chi connectivity index (χ1v) is 4.56. The Morgan fingerprint density at radius 3 is 2.56 bits per heavy atom. The van der Waals surface area contributed by atoms with Crippen molar-refractivity contribution in [1.82, 2.24) is 0 Å². The predicted molar refractivity (Wildman–Crippen MR) is 51.7 cm³/mol. The summed E-state index contributed by atoms with van der Waals surface area (Å²) in [6.07, 6.45) is -7.14. The van der Waals surface area contributed by atoms with Crippen molar-refractivity contribution in [2.75, 3.05) is 11.9 Å². The maximum atomic E-state index is 13.0. The van der Waals surface area contributed by atoms with Gasteiger partial charge < -0.3 is 10.4 Å². The lowest BCUT2D eigenvalue weighted by atomic mass is 10.2. The molecule has 1 atom stereocenters. The van der Waals surface area contributed by atoms with Gasteiger partial charge in [0.15, 0.2) is 6.10 Å². The van der Waals surface area contributed by atoms with Gasteiger partial charge in [-0.25, -0.2) is 4.39 Å². The van der Waals surface area contributed by atoms with Crippen molar-refractivity contribution in [2.45, 2.75) is 19.2 Å². The minimum Gasteiger partial charge on any atom is -0.382 e. The number of aliphatic hydroxyl groups is 1. The molecule has 2 N–H and O–H groups in total. The van der Waals surface area contributed by atoms with Crippen molar-refractivity contribution in [2.24, 2.45) is 0 Å². The molecule has 0 spiro atoms. The van der Waals surface area contributed by atoms with Crippen LogP contribution < -0.4 is 5.32 Å². The maximum absolute atomic E-state index is 13.0. The highest BCUT2D eigenvalue weighted by molar-refractivity contribution is 5.50. The summed E-state index contributed by atoms with van der Waals surface area (Å²) in [5, 5.41) is 11.1. The molecule has 1 rings (SSSR count). The lowest BCUT2D eigenvalue weighted by Crippen LogP contribution is -2.35. The van der Waals surface area contributed by atoms with Gasteiger partial charge in [-0.15, -0.1) is 0 Å². The third-order valence-electron chi connectivity index (χ3n) is 2.13. The highest BCUT2D eigenvalue weighted by Crippen LogP contribution is 2.22. The van der Waals surface area contributed by atoms with Gasteiger partial charge in [-0.2, -0.15) is 13.2 Å². The van der Waals surface area contributed by atoms with Gasteiger partial charge in [0, 0.05) is 17.8 Å². The fourth-order valence-corrected chi connectivity index (χ4v) is 1.12. The average Bonchev–Trinajstić information content (AvgIpc) is 2.18. The summed E-state index contributed by atoms with van der Waals surface area (Å²) in [7, 11) is 0. The van der Waals surface area contributed by atoms with Crippen LogP contribution in [-0.2, 0) is 0 Å². The molecule has 1 unspecified atom stereocenters. The SMILES string of the molecule is Cc1c(F)cccc1NCC(O)C(F)(F)F. The molecule has 0 aromatic heterocycles. The van der Waals surface area contributed by atoms with Gasteiger partial charge in [0.25, 0.3) is 0 Å². The molecule has 0 aliphatic carbocycles. The number of aliphatic hydroxyl groups excluding tert-OH is 1. The fourth-order valence-electron chi connectivity index (χ4n) is 1.12. The third kappa shape index (κ3) is 3.10. The Labute approximate surface area is 89.9 Å². The Hall–Kier alpha value is -1.30. The summed E-state index contributed by atoms with van der Waals surface area (Å²) in [4.78, 5) is 0. The molecule has 0 heterocycles. The smallest absolute Gasteiger partial charge is 0.382 e. The summed E-state index contributed by atoms with van der Waals surface area (Å²) in [5.74, 6) is -0.508. The van der Waals surface area contributed by atoms with Gasteiger partial charge >= 0.3 is 6.18 Å². The van der Waals surface area contributed by atoms with Crippen molar-refractivity contribution in [3.8, 4) is 0 Å². The molecule has 16 heavy (non-hydrogen) atoms. The minimum absolute atomic E-state index is 0.219. The molecular formula is C10H11F4NO. The number of alkyl halides is 3. The Morgan fingerprint density at radius 1 is 1.38 bits per heavy atom. The van der Waals surface area contributed by atoms with E-state index in [4.69, 9.17) is 5.11 Å². The second kappa shape index (κ2) is 4.69. The minimum atomic E-state index is -4.67. The van der Waals surface area contributed by atoms with Gasteiger partial charge in [-0.3, -0.25) is 0 Å². The van der Waals surface area contributed by atoms with E-state index in [9.17, 15) is 17.6 Å². The molecule has 6 heteroatoms. The number of rotatable bonds is 3. The Bertz CT molecular complexity index is 364. The van der Waals surface area contributed by atoms with E-state index in [0.29, 0.717) is 0 Å². The molecular weight excluding hydrogens is 226 g/mol. The van der Waals surface area contributed by atoms with Crippen molar-refractivity contribution >= 4 is 5.69 Å². The van der Waals surface area contributed by atoms with E-state index < -0.39 is 24.6 Å². The number of hydrogen-bond acceptors (Lipinski definition) is 2. The van der Waals surface area contributed by atoms with Crippen LogP contribution in [0.5, 0.6) is 0 Å². The molecule has 0 amide bonds. The van der Waals surface area contributed by atoms with Crippen LogP contribution in [0.25, 0.3) is 0 Å². The number of anilines is 1. The van der Waals surface area contributed by atoms with Gasteiger partial charge in [0.1, 0.15) is 5.82 Å². The highest BCUT2D eigenvalue weighted by atomic mass is 19.4. The van der Waals surface area contributed by atoms with Gasteiger partial charge in [0.05, 0.1) is 0 Å². The molecule has 0 radical (unpaired) electrons. The summed E-state index contributed by atoms with van der Waals surface area (Å²) >= 11 is 0. The van der Waals surface area contributed by atoms with Crippen LogP contribution in [-0.4, -0.2) is 23.9 Å². The summed E-state index contributed by atoms with van der Waals surface area (Å²) in [5.41, 5.74) is 0.458. The zero-order valence-corrected chi connectivity index (χ0v) is 8.48. The second-order valence-electron chi connectivity index (χ2n) is 3.35. The van der Waals surface area contributed by atoms with Crippen molar-refractivity contribution in [3.63, 3.8) is 0 Å². The number of hydrogen-bond donors (Lipinski definition) is 2. The first-order valence-electron chi connectivity index (χ1n) is 4.56. The molecule has 0 saturated carbocycles. The number of nitrogens with one attached hydrogen (secondary N) is 1. The molecule has 2 nitrogen and oxygen atoms in total. The van der Waals surface area contributed by atoms with E-state index >= 15 is 0 Å². The zero-order valence-electron chi connectivity index (χ0n) is 8.48. The number of benzene rings is 1. The summed E-state index contributed by atoms with van der Waals surface area (Å²) < 4.78 is 48.9. The Balaban J connectivity index is 2.65. The van der Waals surface area contributed by atoms with Gasteiger partial charge in [-0.05, 0) is 19.1 Å². The standard InChI is InChI=1S/C10H11F4NO/c1-6-7(11)3-2-4-8(6)15-5-9(16)10(12,13)14/h2-4,9,15-16H,5H2,1H3. The van der Waals surface area contributed by atoms with Crippen molar-refractivity contribution < 1.29 is 22.7 Å². The van der Waals surface area contributed by atoms with Crippen LogP contribution in [0.3, 0.4) is 0 Å². The van der Waals surface area contributed by atoms with Crippen LogP contribution in [0.4, 0.5) is 23.2 Å². The molecule has 0 bridgehead atoms. The molecule has 0 fully saturated rings. The van der Waals surface area contributed by atoms with Crippen molar-refractivity contribution in [1.29, 1.82) is 0 Å². The van der Waals surface area contributed by atoms with Crippen LogP contribution in [0.1, 0.15) is 5.56 Å². The maximum Gasteiger partial charge on any atom is 0.416 e. The topological polar surface area (TPSA) is 32.3 Å². The first-order chi connectivity index (χ1) is 7.32. The zero-order chi connectivity index (χ0) is 12.3. The van der Waals surface area contributed by atoms with Crippen LogP contribution in [0.15, 0.2) is 18.2 Å². The monoisotopic (exact) mass is 237 g/mol. The van der Waals surface area contributed by atoms with Crippen molar-refractivity contribution in [3.05, 3.63) is 29.6 Å². The van der Waals surface area contributed by atoms with E-state index in [0.717, 1.165) is 0 Å². The number of halogens is 4. The average molecular weight is 237 g/mol. The normalized spacial score (nSPS) is 13.6. The van der Waals surface area contributed by atoms with Crippen LogP contribution in [0, 0.1) is 12.7 Å². The Morgan fingerprint density at radius 2 is 2.00 bits per heavy atom. The largest absolute Gasteiger partial charge is 0.416 e. The lowest BCUT2D eigenvalue weighted by Gasteiger charge is -2.16. The molecule has 0 aliphatic rings. The van der Waals surface area contributed by atoms with Gasteiger partial charge in [0.2, 0.25) is 0 Å². The molecule has 0 saturated heterocycles. The van der Waals surface area contributed by atoms with Gasteiger partial charge in [-0.1, -0.05) is 6.07 Å². The molecule has 1 aromatic rings. The fraction of sp³-hybridized carbons (Fsp3) is 0.400. The first kappa shape index (κ1) is 12.8. The third-order valence-corrected chi connectivity index (χ3v) is 2.13. The highest BCUT2D eigenvalue weighted by Gasteiger charge is 2.37. The van der Waals surface area contributed by atoms with E-state index in [2.05, 4.69) is 5.32 Å². The van der Waals surface area contributed by atoms with E-state index in [1.54, 1.807) is 0 Å². The second-order valence-corrected chi connectivity index (χ2v) is 3.35. The molecule has 90 valence electrons. The summed E-state index contributed by atoms with van der Waals surface area (Å²) in [6, 6.07) is 4.03.